The zero-order valence-electron chi connectivity index (χ0n) is 20.7. The highest BCUT2D eigenvalue weighted by atomic mass is 32.1. The standard InChI is InChI=1S/C26H35N3O4S/c1-15-11-12-34-22(15)19-9-7-18(8-10-19)16(2)27-24(32)21-13-20(31)14-29(21)25(33)23(26(4,5)6)28-17(3)30/h7-12,16,20-21,23,31H,13-14H2,1-6H3,(H,27,32)(H,28,30)/t16-,20+,21-,23+/m0/s1. The van der Waals surface area contributed by atoms with Crippen LogP contribution >= 0.6 is 11.3 Å². The molecule has 1 aromatic heterocycles. The molecule has 3 amide bonds. The fourth-order valence-corrected chi connectivity index (χ4v) is 5.24. The van der Waals surface area contributed by atoms with E-state index in [4.69, 9.17) is 0 Å². The average molecular weight is 486 g/mol. The van der Waals surface area contributed by atoms with Crippen LogP contribution in [0.3, 0.4) is 0 Å². The Kier molecular flexibility index (Phi) is 7.83. The lowest BCUT2D eigenvalue weighted by Crippen LogP contribution is -2.57. The van der Waals surface area contributed by atoms with E-state index < -0.39 is 23.6 Å². The molecule has 1 aromatic carbocycles. The number of aryl methyl sites for hydroxylation is 1. The Labute approximate surface area is 205 Å². The summed E-state index contributed by atoms with van der Waals surface area (Å²) in [5, 5.41) is 18.1. The lowest BCUT2D eigenvalue weighted by atomic mass is 9.85. The van der Waals surface area contributed by atoms with E-state index in [1.165, 1.54) is 22.3 Å². The van der Waals surface area contributed by atoms with Crippen LogP contribution in [0, 0.1) is 12.3 Å². The summed E-state index contributed by atoms with van der Waals surface area (Å²) in [6.45, 7) is 11.0. The molecule has 0 aliphatic carbocycles. The Hall–Kier alpha value is -2.71. The SMILES string of the molecule is CC(=O)N[C@H](C(=O)N1C[C@H](O)C[C@H]1C(=O)N[C@@H](C)c1ccc(-c2sccc2C)cc1)C(C)(C)C. The second-order valence-electron chi connectivity index (χ2n) is 10.2. The third-order valence-electron chi connectivity index (χ3n) is 6.22. The van der Waals surface area contributed by atoms with Crippen LogP contribution in [-0.4, -0.2) is 52.5 Å². The number of benzene rings is 1. The number of hydrogen-bond acceptors (Lipinski definition) is 5. The predicted octanol–water partition coefficient (Wildman–Crippen LogP) is 3.41. The van der Waals surface area contributed by atoms with Gasteiger partial charge in [-0.3, -0.25) is 14.4 Å². The maximum Gasteiger partial charge on any atom is 0.246 e. The van der Waals surface area contributed by atoms with Gasteiger partial charge in [-0.2, -0.15) is 0 Å². The van der Waals surface area contributed by atoms with Gasteiger partial charge in [0.05, 0.1) is 12.1 Å². The second kappa shape index (κ2) is 10.3. The quantitative estimate of drug-likeness (QED) is 0.584. The third-order valence-corrected chi connectivity index (χ3v) is 7.28. The van der Waals surface area contributed by atoms with Gasteiger partial charge in [0.15, 0.2) is 0 Å². The zero-order chi connectivity index (χ0) is 25.2. The number of amides is 3. The summed E-state index contributed by atoms with van der Waals surface area (Å²) in [7, 11) is 0. The van der Waals surface area contributed by atoms with Crippen molar-refractivity contribution in [1.29, 1.82) is 0 Å². The Bertz CT molecular complexity index is 1040. The minimum absolute atomic E-state index is 0.0618. The van der Waals surface area contributed by atoms with Crippen LogP contribution in [-0.2, 0) is 14.4 Å². The predicted molar refractivity (Wildman–Crippen MR) is 134 cm³/mol. The molecule has 3 N–H and O–H groups in total. The smallest absolute Gasteiger partial charge is 0.246 e. The average Bonchev–Trinajstić information content (AvgIpc) is 3.36. The number of thiophene rings is 1. The van der Waals surface area contributed by atoms with Crippen molar-refractivity contribution in [1.82, 2.24) is 15.5 Å². The number of hydrogen-bond donors (Lipinski definition) is 3. The molecule has 7 nitrogen and oxygen atoms in total. The molecule has 0 unspecified atom stereocenters. The number of carbonyl (C=O) groups excluding carboxylic acids is 3. The normalized spacial score (nSPS) is 20.0. The number of aliphatic hydroxyl groups excluding tert-OH is 1. The molecule has 4 atom stereocenters. The van der Waals surface area contributed by atoms with Crippen molar-refractivity contribution in [2.75, 3.05) is 6.54 Å². The molecule has 0 bridgehead atoms. The van der Waals surface area contributed by atoms with E-state index in [0.29, 0.717) is 0 Å². The van der Waals surface area contributed by atoms with E-state index in [2.05, 4.69) is 29.0 Å². The summed E-state index contributed by atoms with van der Waals surface area (Å²) in [6, 6.07) is 8.33. The zero-order valence-corrected chi connectivity index (χ0v) is 21.5. The largest absolute Gasteiger partial charge is 0.391 e. The van der Waals surface area contributed by atoms with E-state index >= 15 is 0 Å². The van der Waals surface area contributed by atoms with Crippen LogP contribution in [0.4, 0.5) is 0 Å². The molecule has 1 aliphatic heterocycles. The van der Waals surface area contributed by atoms with E-state index in [0.717, 1.165) is 11.1 Å². The van der Waals surface area contributed by atoms with Crippen LogP contribution < -0.4 is 10.6 Å². The van der Waals surface area contributed by atoms with Gasteiger partial charge < -0.3 is 20.6 Å². The van der Waals surface area contributed by atoms with E-state index in [9.17, 15) is 19.5 Å². The number of nitrogens with zero attached hydrogens (tertiary/aromatic N) is 1. The Morgan fingerprint density at radius 2 is 1.76 bits per heavy atom. The summed E-state index contributed by atoms with van der Waals surface area (Å²) >= 11 is 1.70. The first-order valence-electron chi connectivity index (χ1n) is 11.6. The number of aliphatic hydroxyl groups is 1. The lowest BCUT2D eigenvalue weighted by molar-refractivity contribution is -0.144. The van der Waals surface area contributed by atoms with Crippen molar-refractivity contribution in [3.8, 4) is 10.4 Å². The van der Waals surface area contributed by atoms with E-state index in [-0.39, 0.29) is 36.7 Å². The fraction of sp³-hybridized carbons (Fsp3) is 0.500. The maximum atomic E-state index is 13.3. The summed E-state index contributed by atoms with van der Waals surface area (Å²) in [6.07, 6.45) is -0.626. The summed E-state index contributed by atoms with van der Waals surface area (Å²) in [4.78, 5) is 40.9. The molecular formula is C26H35N3O4S. The molecule has 1 saturated heterocycles. The molecule has 2 aromatic rings. The Morgan fingerprint density at radius 1 is 1.12 bits per heavy atom. The minimum Gasteiger partial charge on any atom is -0.391 e. The van der Waals surface area contributed by atoms with Crippen molar-refractivity contribution in [3.63, 3.8) is 0 Å². The molecule has 0 saturated carbocycles. The molecule has 0 spiro atoms. The number of rotatable bonds is 6. The number of likely N-dealkylation sites (tertiary alicyclic amines) is 1. The first kappa shape index (κ1) is 25.9. The fourth-order valence-electron chi connectivity index (χ4n) is 4.31. The molecule has 3 rings (SSSR count). The maximum absolute atomic E-state index is 13.3. The van der Waals surface area contributed by atoms with Gasteiger partial charge in [0.1, 0.15) is 12.1 Å². The topological polar surface area (TPSA) is 98.7 Å². The van der Waals surface area contributed by atoms with Crippen molar-refractivity contribution in [2.45, 2.75) is 72.2 Å². The summed E-state index contributed by atoms with van der Waals surface area (Å²) in [5.41, 5.74) is 2.77. The van der Waals surface area contributed by atoms with Gasteiger partial charge in [0.2, 0.25) is 17.7 Å². The van der Waals surface area contributed by atoms with Crippen molar-refractivity contribution in [2.24, 2.45) is 5.41 Å². The lowest BCUT2D eigenvalue weighted by Gasteiger charge is -2.35. The molecule has 0 radical (unpaired) electrons. The van der Waals surface area contributed by atoms with Gasteiger partial charge in [-0.1, -0.05) is 45.0 Å². The van der Waals surface area contributed by atoms with E-state index in [1.54, 1.807) is 11.3 Å². The first-order chi connectivity index (χ1) is 15.9. The number of carbonyl (C=O) groups is 3. The van der Waals surface area contributed by atoms with Crippen molar-refractivity contribution < 1.29 is 19.5 Å². The van der Waals surface area contributed by atoms with Gasteiger partial charge >= 0.3 is 0 Å². The number of β-amino-alcohol motifs (C(OH)–C–C–N with tert-alkyl or cyclic N) is 1. The van der Waals surface area contributed by atoms with Crippen LogP contribution in [0.15, 0.2) is 35.7 Å². The van der Waals surface area contributed by atoms with Crippen molar-refractivity contribution in [3.05, 3.63) is 46.8 Å². The van der Waals surface area contributed by atoms with Gasteiger partial charge in [-0.25, -0.2) is 0 Å². The highest BCUT2D eigenvalue weighted by Gasteiger charge is 2.44. The third kappa shape index (κ3) is 5.85. The van der Waals surface area contributed by atoms with Crippen LogP contribution in [0.2, 0.25) is 0 Å². The summed E-state index contributed by atoms with van der Waals surface area (Å²) < 4.78 is 0. The van der Waals surface area contributed by atoms with Crippen molar-refractivity contribution >= 4 is 29.1 Å². The molecule has 8 heteroatoms. The van der Waals surface area contributed by atoms with Crippen LogP contribution in [0.1, 0.15) is 58.2 Å². The Morgan fingerprint density at radius 3 is 2.29 bits per heavy atom. The Balaban J connectivity index is 1.72. The first-order valence-corrected chi connectivity index (χ1v) is 12.5. The monoisotopic (exact) mass is 485 g/mol. The minimum atomic E-state index is -0.795. The highest BCUT2D eigenvalue weighted by Crippen LogP contribution is 2.30. The van der Waals surface area contributed by atoms with Crippen LogP contribution in [0.5, 0.6) is 0 Å². The highest BCUT2D eigenvalue weighted by molar-refractivity contribution is 7.13. The second-order valence-corrected chi connectivity index (χ2v) is 11.1. The van der Waals surface area contributed by atoms with Gasteiger partial charge in [-0.05, 0) is 47.4 Å². The molecule has 1 fully saturated rings. The molecule has 184 valence electrons. The van der Waals surface area contributed by atoms with Gasteiger partial charge in [0, 0.05) is 24.8 Å². The molecule has 1 aliphatic rings. The van der Waals surface area contributed by atoms with Gasteiger partial charge in [-0.15, -0.1) is 11.3 Å². The van der Waals surface area contributed by atoms with E-state index in [1.807, 2.05) is 52.0 Å². The molecule has 34 heavy (non-hydrogen) atoms. The van der Waals surface area contributed by atoms with Gasteiger partial charge in [0.25, 0.3) is 0 Å². The molecule has 2 heterocycles. The van der Waals surface area contributed by atoms with Crippen LogP contribution in [0.25, 0.3) is 10.4 Å². The summed E-state index contributed by atoms with van der Waals surface area (Å²) in [5.74, 6) is -0.988. The number of nitrogens with one attached hydrogen (secondary N) is 2. The molecular weight excluding hydrogens is 450 g/mol.